The molecule has 0 N–H and O–H groups in total. The van der Waals surface area contributed by atoms with Gasteiger partial charge < -0.3 is 4.74 Å². The summed E-state index contributed by atoms with van der Waals surface area (Å²) < 4.78 is 45.8. The van der Waals surface area contributed by atoms with Gasteiger partial charge in [-0.25, -0.2) is 13.2 Å². The third-order valence-corrected chi connectivity index (χ3v) is 3.76. The lowest BCUT2D eigenvalue weighted by Gasteiger charge is -2.11. The van der Waals surface area contributed by atoms with Crippen molar-refractivity contribution in [1.82, 2.24) is 0 Å². The van der Waals surface area contributed by atoms with Gasteiger partial charge in [0.15, 0.2) is 17.5 Å². The molecular weight excluding hydrogens is 401 g/mol. The molecule has 2 rings (SSSR count). The minimum absolute atomic E-state index is 0.0349. The maximum atomic E-state index is 13.5. The molecule has 0 atom stereocenters. The van der Waals surface area contributed by atoms with Crippen LogP contribution in [0.25, 0.3) is 0 Å². The predicted octanol–water partition coefficient (Wildman–Crippen LogP) is 5.34. The van der Waals surface area contributed by atoms with Crippen LogP contribution < -0.4 is 4.74 Å². The molecule has 0 aliphatic rings. The van der Waals surface area contributed by atoms with E-state index in [-0.39, 0.29) is 12.2 Å². The van der Waals surface area contributed by atoms with Crippen LogP contribution in [0.1, 0.15) is 11.1 Å². The van der Waals surface area contributed by atoms with Crippen molar-refractivity contribution in [3.05, 3.63) is 63.4 Å². The standard InChI is InChI=1S/C14H9Br2F3O/c15-6-9-5-10(16)2-4-12(9)20-7-8-1-3-11(17)14(19)13(8)18/h1-5H,6-7H2. The Kier molecular flexibility index (Phi) is 5.10. The third kappa shape index (κ3) is 3.35. The molecule has 0 amide bonds. The van der Waals surface area contributed by atoms with E-state index in [1.807, 2.05) is 6.07 Å². The van der Waals surface area contributed by atoms with Crippen molar-refractivity contribution >= 4 is 31.9 Å². The Bertz CT molecular complexity index is 632. The average Bonchev–Trinajstić information content (AvgIpc) is 2.45. The molecule has 20 heavy (non-hydrogen) atoms. The molecule has 0 saturated heterocycles. The van der Waals surface area contributed by atoms with E-state index in [9.17, 15) is 13.2 Å². The molecule has 0 aromatic heterocycles. The van der Waals surface area contributed by atoms with E-state index in [0.717, 1.165) is 16.1 Å². The highest BCUT2D eigenvalue weighted by atomic mass is 79.9. The van der Waals surface area contributed by atoms with Crippen molar-refractivity contribution in [3.8, 4) is 5.75 Å². The molecule has 0 bridgehead atoms. The molecule has 2 aromatic carbocycles. The second-order valence-electron chi connectivity index (χ2n) is 4.01. The zero-order valence-electron chi connectivity index (χ0n) is 10.1. The van der Waals surface area contributed by atoms with Gasteiger partial charge in [0.05, 0.1) is 0 Å². The van der Waals surface area contributed by atoms with E-state index < -0.39 is 17.5 Å². The minimum Gasteiger partial charge on any atom is -0.488 e. The van der Waals surface area contributed by atoms with E-state index in [0.29, 0.717) is 11.1 Å². The first kappa shape index (κ1) is 15.4. The monoisotopic (exact) mass is 408 g/mol. The van der Waals surface area contributed by atoms with Crippen LogP contribution in [-0.2, 0) is 11.9 Å². The second kappa shape index (κ2) is 6.63. The highest BCUT2D eigenvalue weighted by Crippen LogP contribution is 2.26. The Morgan fingerprint density at radius 1 is 0.950 bits per heavy atom. The van der Waals surface area contributed by atoms with Gasteiger partial charge in [0.2, 0.25) is 0 Å². The minimum atomic E-state index is -1.48. The number of benzene rings is 2. The van der Waals surface area contributed by atoms with Crippen LogP contribution in [0, 0.1) is 17.5 Å². The van der Waals surface area contributed by atoms with E-state index in [4.69, 9.17) is 4.74 Å². The zero-order chi connectivity index (χ0) is 14.7. The lowest BCUT2D eigenvalue weighted by molar-refractivity contribution is 0.293. The fourth-order valence-electron chi connectivity index (χ4n) is 1.63. The SMILES string of the molecule is Fc1ccc(COc2ccc(Br)cc2CBr)c(F)c1F. The average molecular weight is 410 g/mol. The van der Waals surface area contributed by atoms with Gasteiger partial charge in [-0.3, -0.25) is 0 Å². The van der Waals surface area contributed by atoms with Gasteiger partial charge >= 0.3 is 0 Å². The predicted molar refractivity (Wildman–Crippen MR) is 77.4 cm³/mol. The Balaban J connectivity index is 2.19. The van der Waals surface area contributed by atoms with Crippen LogP contribution >= 0.6 is 31.9 Å². The molecule has 0 heterocycles. The van der Waals surface area contributed by atoms with E-state index in [1.165, 1.54) is 6.07 Å². The van der Waals surface area contributed by atoms with Crippen molar-refractivity contribution in [2.75, 3.05) is 0 Å². The van der Waals surface area contributed by atoms with Crippen molar-refractivity contribution < 1.29 is 17.9 Å². The van der Waals surface area contributed by atoms with Gasteiger partial charge in [0.25, 0.3) is 0 Å². The molecule has 0 radical (unpaired) electrons. The van der Waals surface area contributed by atoms with Crippen LogP contribution in [0.2, 0.25) is 0 Å². The summed E-state index contributed by atoms with van der Waals surface area (Å²) in [5.74, 6) is -3.37. The summed E-state index contributed by atoms with van der Waals surface area (Å²) in [6, 6.07) is 7.40. The fraction of sp³-hybridized carbons (Fsp3) is 0.143. The smallest absolute Gasteiger partial charge is 0.194 e. The molecular formula is C14H9Br2F3O. The Morgan fingerprint density at radius 2 is 1.70 bits per heavy atom. The molecule has 0 spiro atoms. The molecule has 0 saturated carbocycles. The summed E-state index contributed by atoms with van der Waals surface area (Å²) >= 11 is 6.65. The maximum Gasteiger partial charge on any atom is 0.194 e. The first-order valence-electron chi connectivity index (χ1n) is 5.62. The summed E-state index contributed by atoms with van der Waals surface area (Å²) in [7, 11) is 0. The van der Waals surface area contributed by atoms with Gasteiger partial charge in [-0.05, 0) is 30.3 Å². The highest BCUT2D eigenvalue weighted by molar-refractivity contribution is 9.10. The summed E-state index contributed by atoms with van der Waals surface area (Å²) in [5, 5.41) is 0.558. The first-order valence-corrected chi connectivity index (χ1v) is 7.54. The molecule has 0 fully saturated rings. The topological polar surface area (TPSA) is 9.23 Å². The number of hydrogen-bond donors (Lipinski definition) is 0. The quantitative estimate of drug-likeness (QED) is 0.489. The van der Waals surface area contributed by atoms with Crippen LogP contribution in [0.5, 0.6) is 5.75 Å². The number of halogens is 5. The normalized spacial score (nSPS) is 10.7. The van der Waals surface area contributed by atoms with E-state index in [2.05, 4.69) is 31.9 Å². The van der Waals surface area contributed by atoms with Gasteiger partial charge in [0.1, 0.15) is 12.4 Å². The van der Waals surface area contributed by atoms with Crippen LogP contribution in [0.3, 0.4) is 0 Å². The first-order chi connectivity index (χ1) is 9.52. The van der Waals surface area contributed by atoms with Gasteiger partial charge in [-0.1, -0.05) is 31.9 Å². The van der Waals surface area contributed by atoms with Crippen molar-refractivity contribution in [3.63, 3.8) is 0 Å². The second-order valence-corrected chi connectivity index (χ2v) is 5.49. The summed E-state index contributed by atoms with van der Waals surface area (Å²) in [5.41, 5.74) is 0.828. The Labute approximate surface area is 131 Å². The molecule has 0 aliphatic carbocycles. The molecule has 2 aromatic rings. The Hall–Kier alpha value is -1.01. The molecule has 0 aliphatic heterocycles. The van der Waals surface area contributed by atoms with Crippen molar-refractivity contribution in [2.24, 2.45) is 0 Å². The van der Waals surface area contributed by atoms with Gasteiger partial charge in [-0.15, -0.1) is 0 Å². The highest BCUT2D eigenvalue weighted by Gasteiger charge is 2.14. The van der Waals surface area contributed by atoms with Gasteiger partial charge in [-0.2, -0.15) is 0 Å². The summed E-state index contributed by atoms with van der Waals surface area (Å²) in [6.07, 6.45) is 0. The van der Waals surface area contributed by atoms with Crippen molar-refractivity contribution in [2.45, 2.75) is 11.9 Å². The van der Waals surface area contributed by atoms with E-state index in [1.54, 1.807) is 12.1 Å². The third-order valence-electron chi connectivity index (χ3n) is 2.66. The number of alkyl halides is 1. The lowest BCUT2D eigenvalue weighted by Crippen LogP contribution is -2.03. The summed E-state index contributed by atoms with van der Waals surface area (Å²) in [6.45, 7) is -0.176. The van der Waals surface area contributed by atoms with Crippen molar-refractivity contribution in [1.29, 1.82) is 0 Å². The molecule has 6 heteroatoms. The number of rotatable bonds is 4. The molecule has 0 unspecified atom stereocenters. The molecule has 106 valence electrons. The number of ether oxygens (including phenoxy) is 1. The fourth-order valence-corrected chi connectivity index (χ4v) is 2.47. The van der Waals surface area contributed by atoms with Crippen LogP contribution in [0.4, 0.5) is 13.2 Å². The largest absolute Gasteiger partial charge is 0.488 e. The van der Waals surface area contributed by atoms with Crippen LogP contribution in [-0.4, -0.2) is 0 Å². The Morgan fingerprint density at radius 3 is 2.40 bits per heavy atom. The summed E-state index contributed by atoms with van der Waals surface area (Å²) in [4.78, 5) is 0. The number of hydrogen-bond acceptors (Lipinski definition) is 1. The maximum absolute atomic E-state index is 13.5. The zero-order valence-corrected chi connectivity index (χ0v) is 13.3. The molecule has 1 nitrogen and oxygen atoms in total. The van der Waals surface area contributed by atoms with E-state index >= 15 is 0 Å². The van der Waals surface area contributed by atoms with Crippen LogP contribution in [0.15, 0.2) is 34.8 Å². The van der Waals surface area contributed by atoms with Gasteiger partial charge in [0, 0.05) is 20.9 Å². The lowest BCUT2D eigenvalue weighted by atomic mass is 10.2.